The number of thioether (sulfide) groups is 1. The van der Waals surface area contributed by atoms with Crippen LogP contribution in [0.3, 0.4) is 0 Å². The Hall–Kier alpha value is -1.45. The van der Waals surface area contributed by atoms with E-state index in [4.69, 9.17) is 4.74 Å². The highest BCUT2D eigenvalue weighted by Crippen LogP contribution is 2.32. The molecular formula is C19H28F3N3O2S. The van der Waals surface area contributed by atoms with Gasteiger partial charge in [0, 0.05) is 38.1 Å². The number of nitrogens with one attached hydrogen (secondary N) is 2. The maximum Gasteiger partial charge on any atom is 0.411 e. The topological polar surface area (TPSA) is 54.9 Å². The Labute approximate surface area is 168 Å². The van der Waals surface area contributed by atoms with Crippen LogP contribution in [0, 0.1) is 0 Å². The van der Waals surface area contributed by atoms with Gasteiger partial charge in [-0.3, -0.25) is 4.99 Å². The summed E-state index contributed by atoms with van der Waals surface area (Å²) in [6.07, 6.45) is -0.151. The van der Waals surface area contributed by atoms with Gasteiger partial charge >= 0.3 is 6.18 Å². The van der Waals surface area contributed by atoms with Crippen molar-refractivity contribution in [3.05, 3.63) is 35.4 Å². The molecule has 1 aliphatic rings. The van der Waals surface area contributed by atoms with E-state index in [0.717, 1.165) is 44.1 Å². The fraction of sp³-hybridized carbons (Fsp3) is 0.632. The molecule has 1 fully saturated rings. The summed E-state index contributed by atoms with van der Waals surface area (Å²) in [6, 6.07) is 7.28. The average molecular weight is 420 g/mol. The molecule has 1 heterocycles. The quantitative estimate of drug-likeness (QED) is 0.500. The number of nitrogens with zero attached hydrogens (tertiary/aromatic N) is 1. The molecule has 1 aromatic rings. The third-order valence-corrected chi connectivity index (χ3v) is 6.07. The molecule has 9 heteroatoms. The summed E-state index contributed by atoms with van der Waals surface area (Å²) < 4.78 is 46.6. The van der Waals surface area contributed by atoms with Crippen molar-refractivity contribution in [2.45, 2.75) is 36.9 Å². The van der Waals surface area contributed by atoms with Gasteiger partial charge < -0.3 is 20.1 Å². The minimum absolute atomic E-state index is 0.0586. The monoisotopic (exact) mass is 419 g/mol. The van der Waals surface area contributed by atoms with Crippen LogP contribution >= 0.6 is 11.8 Å². The molecule has 0 bridgehead atoms. The van der Waals surface area contributed by atoms with E-state index in [2.05, 4.69) is 26.6 Å². The summed E-state index contributed by atoms with van der Waals surface area (Å²) in [5, 5.41) is 6.66. The van der Waals surface area contributed by atoms with E-state index >= 15 is 0 Å². The van der Waals surface area contributed by atoms with Crippen molar-refractivity contribution in [3.63, 3.8) is 0 Å². The number of hydrogen-bond donors (Lipinski definition) is 2. The van der Waals surface area contributed by atoms with Crippen molar-refractivity contribution in [3.8, 4) is 0 Å². The van der Waals surface area contributed by atoms with Gasteiger partial charge in [0.25, 0.3) is 0 Å². The molecule has 158 valence electrons. The van der Waals surface area contributed by atoms with Crippen molar-refractivity contribution in [2.75, 3.05) is 39.7 Å². The van der Waals surface area contributed by atoms with Crippen LogP contribution in [0.15, 0.2) is 29.3 Å². The van der Waals surface area contributed by atoms with E-state index in [-0.39, 0.29) is 11.4 Å². The van der Waals surface area contributed by atoms with Crippen molar-refractivity contribution in [2.24, 2.45) is 4.99 Å². The summed E-state index contributed by atoms with van der Waals surface area (Å²) in [4.78, 5) is 4.26. The highest BCUT2D eigenvalue weighted by atomic mass is 32.2. The minimum atomic E-state index is -4.30. The Morgan fingerprint density at radius 2 is 1.82 bits per heavy atom. The molecule has 2 rings (SSSR count). The van der Waals surface area contributed by atoms with Gasteiger partial charge in [-0.15, -0.1) is 0 Å². The Morgan fingerprint density at radius 3 is 2.39 bits per heavy atom. The summed E-state index contributed by atoms with van der Waals surface area (Å²) in [6.45, 7) is 1.66. The number of guanidine groups is 1. The van der Waals surface area contributed by atoms with E-state index in [1.807, 2.05) is 23.9 Å². The van der Waals surface area contributed by atoms with Crippen LogP contribution in [-0.4, -0.2) is 56.6 Å². The molecule has 28 heavy (non-hydrogen) atoms. The lowest BCUT2D eigenvalue weighted by atomic mass is 9.99. The van der Waals surface area contributed by atoms with Crippen LogP contribution in [0.1, 0.15) is 24.0 Å². The number of aliphatic imine (C=N–C) groups is 1. The number of hydrogen-bond acceptors (Lipinski definition) is 4. The van der Waals surface area contributed by atoms with Crippen LogP contribution in [0.25, 0.3) is 0 Å². The van der Waals surface area contributed by atoms with Crippen LogP contribution in [-0.2, 0) is 22.6 Å². The molecule has 1 aromatic carbocycles. The van der Waals surface area contributed by atoms with Crippen LogP contribution in [0.5, 0.6) is 0 Å². The largest absolute Gasteiger partial charge is 0.411 e. The lowest BCUT2D eigenvalue weighted by molar-refractivity contribution is -0.176. The van der Waals surface area contributed by atoms with Gasteiger partial charge in [-0.05, 0) is 30.2 Å². The zero-order valence-corrected chi connectivity index (χ0v) is 17.1. The molecule has 0 spiro atoms. The average Bonchev–Trinajstić information content (AvgIpc) is 2.69. The Balaban J connectivity index is 1.76. The zero-order chi connectivity index (χ0) is 20.5. The summed E-state index contributed by atoms with van der Waals surface area (Å²) >= 11 is 1.86. The fourth-order valence-electron chi connectivity index (χ4n) is 2.89. The third kappa shape index (κ3) is 7.89. The first kappa shape index (κ1) is 22.8. The molecule has 1 saturated heterocycles. The van der Waals surface area contributed by atoms with Crippen molar-refractivity contribution >= 4 is 17.7 Å². The summed E-state index contributed by atoms with van der Waals surface area (Å²) in [5.74, 6) is 0.720. The Kier molecular flexibility index (Phi) is 8.91. The maximum atomic E-state index is 12.1. The smallest absolute Gasteiger partial charge is 0.381 e. The van der Waals surface area contributed by atoms with Crippen LogP contribution < -0.4 is 10.6 Å². The van der Waals surface area contributed by atoms with Gasteiger partial charge in [0.15, 0.2) is 5.96 Å². The molecule has 0 radical (unpaired) electrons. The highest BCUT2D eigenvalue weighted by molar-refractivity contribution is 8.00. The fourth-order valence-corrected chi connectivity index (χ4v) is 3.68. The number of halogens is 3. The van der Waals surface area contributed by atoms with Crippen molar-refractivity contribution in [1.82, 2.24) is 10.6 Å². The molecule has 0 amide bonds. The van der Waals surface area contributed by atoms with Gasteiger partial charge in [-0.1, -0.05) is 24.3 Å². The second kappa shape index (κ2) is 10.9. The molecule has 0 aromatic heterocycles. The van der Waals surface area contributed by atoms with E-state index in [9.17, 15) is 13.2 Å². The van der Waals surface area contributed by atoms with E-state index in [1.165, 1.54) is 0 Å². The van der Waals surface area contributed by atoms with Gasteiger partial charge in [0.05, 0.1) is 6.61 Å². The SMILES string of the molecule is CN=C(NCc1ccc(COCC(F)(F)F)cc1)NCC1(SC)CCOCC1. The first-order valence-corrected chi connectivity index (χ1v) is 10.4. The van der Waals surface area contributed by atoms with Gasteiger partial charge in [0.2, 0.25) is 0 Å². The van der Waals surface area contributed by atoms with Crippen LogP contribution in [0.4, 0.5) is 13.2 Å². The molecule has 0 atom stereocenters. The lowest BCUT2D eigenvalue weighted by Crippen LogP contribution is -2.47. The van der Waals surface area contributed by atoms with E-state index in [0.29, 0.717) is 12.1 Å². The van der Waals surface area contributed by atoms with Gasteiger partial charge in [0.1, 0.15) is 6.61 Å². The molecular weight excluding hydrogens is 391 g/mol. The molecule has 5 nitrogen and oxygen atoms in total. The lowest BCUT2D eigenvalue weighted by Gasteiger charge is -2.36. The van der Waals surface area contributed by atoms with E-state index < -0.39 is 12.8 Å². The summed E-state index contributed by atoms with van der Waals surface area (Å²) in [5.41, 5.74) is 1.71. The standard InChI is InChI=1S/C19H28F3N3O2S/c1-23-17(25-13-18(28-2)7-9-26-10-8-18)24-11-15-3-5-16(6-4-15)12-27-14-19(20,21)22/h3-6H,7-14H2,1-2H3,(H2,23,24,25). The number of alkyl halides is 3. The summed E-state index contributed by atoms with van der Waals surface area (Å²) in [7, 11) is 1.73. The van der Waals surface area contributed by atoms with Crippen molar-refractivity contribution < 1.29 is 22.6 Å². The first-order valence-electron chi connectivity index (χ1n) is 9.15. The van der Waals surface area contributed by atoms with E-state index in [1.54, 1.807) is 19.2 Å². The number of rotatable bonds is 8. The first-order chi connectivity index (χ1) is 13.4. The van der Waals surface area contributed by atoms with Crippen molar-refractivity contribution in [1.29, 1.82) is 0 Å². The molecule has 0 aliphatic carbocycles. The highest BCUT2D eigenvalue weighted by Gasteiger charge is 2.31. The second-order valence-corrected chi connectivity index (χ2v) is 7.98. The number of benzene rings is 1. The minimum Gasteiger partial charge on any atom is -0.381 e. The Bertz CT molecular complexity index is 618. The number of ether oxygens (including phenoxy) is 2. The predicted molar refractivity (Wildman–Crippen MR) is 107 cm³/mol. The van der Waals surface area contributed by atoms with Crippen LogP contribution in [0.2, 0.25) is 0 Å². The predicted octanol–water partition coefficient (Wildman–Crippen LogP) is 3.34. The Morgan fingerprint density at radius 1 is 1.18 bits per heavy atom. The molecule has 1 aliphatic heterocycles. The molecule has 0 unspecified atom stereocenters. The van der Waals surface area contributed by atoms with Gasteiger partial charge in [-0.2, -0.15) is 24.9 Å². The maximum absolute atomic E-state index is 12.1. The second-order valence-electron chi connectivity index (χ2n) is 6.70. The zero-order valence-electron chi connectivity index (χ0n) is 16.3. The van der Waals surface area contributed by atoms with Gasteiger partial charge in [-0.25, -0.2) is 0 Å². The third-order valence-electron chi connectivity index (χ3n) is 4.66. The molecule has 2 N–H and O–H groups in total. The normalized spacial score (nSPS) is 17.4. The molecule has 0 saturated carbocycles.